The summed E-state index contributed by atoms with van der Waals surface area (Å²) in [4.78, 5) is 16.1. The molecule has 29 heavy (non-hydrogen) atoms. The second-order valence-corrected chi connectivity index (χ2v) is 9.51. The number of nitrogens with two attached hydrogens (primary N) is 1. The maximum atomic E-state index is 12.0. The van der Waals surface area contributed by atoms with Gasteiger partial charge in [0.05, 0.1) is 0 Å². The van der Waals surface area contributed by atoms with Crippen LogP contribution >= 0.6 is 0 Å². The first-order valence-corrected chi connectivity index (χ1v) is 10.8. The average molecular weight is 396 g/mol. The number of carboxylic acid groups (broad SMARTS) is 1. The zero-order valence-corrected chi connectivity index (χ0v) is 17.7. The van der Waals surface area contributed by atoms with E-state index in [4.69, 9.17) is 5.73 Å². The first kappa shape index (κ1) is 20.0. The van der Waals surface area contributed by atoms with Crippen LogP contribution in [0.25, 0.3) is 0 Å². The van der Waals surface area contributed by atoms with Crippen LogP contribution < -0.4 is 11.1 Å². The van der Waals surface area contributed by atoms with Gasteiger partial charge in [-0.1, -0.05) is 49.8 Å². The van der Waals surface area contributed by atoms with Gasteiger partial charge in [-0.2, -0.15) is 0 Å². The van der Waals surface area contributed by atoms with Crippen molar-refractivity contribution < 1.29 is 9.90 Å². The van der Waals surface area contributed by atoms with Crippen LogP contribution in [0, 0.1) is 28.6 Å². The lowest BCUT2D eigenvalue weighted by molar-refractivity contribution is -0.132. The zero-order valence-electron chi connectivity index (χ0n) is 17.7. The number of aliphatic carboxylic acids is 1. The van der Waals surface area contributed by atoms with Crippen LogP contribution in [0.1, 0.15) is 45.1 Å². The van der Waals surface area contributed by atoms with E-state index in [9.17, 15) is 9.90 Å². The Kier molecular flexibility index (Phi) is 4.96. The van der Waals surface area contributed by atoms with E-state index in [1.807, 2.05) is 0 Å². The van der Waals surface area contributed by atoms with Crippen molar-refractivity contribution in [2.24, 2.45) is 39.3 Å². The molecule has 3 aliphatic carbocycles. The van der Waals surface area contributed by atoms with Crippen molar-refractivity contribution in [3.05, 3.63) is 47.0 Å². The van der Waals surface area contributed by atoms with Crippen LogP contribution in [0.3, 0.4) is 0 Å². The third-order valence-electron chi connectivity index (χ3n) is 8.48. The van der Waals surface area contributed by atoms with Gasteiger partial charge in [-0.05, 0) is 60.8 Å². The molecule has 5 nitrogen and oxygen atoms in total. The summed E-state index contributed by atoms with van der Waals surface area (Å²) >= 11 is 0. The molecule has 1 aromatic carbocycles. The summed E-state index contributed by atoms with van der Waals surface area (Å²) in [5.74, 6) is 1.18. The van der Waals surface area contributed by atoms with Crippen LogP contribution in [0.5, 0.6) is 0 Å². The second kappa shape index (κ2) is 7.19. The summed E-state index contributed by atoms with van der Waals surface area (Å²) < 4.78 is 0. The van der Waals surface area contributed by atoms with Crippen molar-refractivity contribution in [1.82, 2.24) is 5.32 Å². The first-order valence-electron chi connectivity index (χ1n) is 10.8. The molecule has 0 amide bonds. The summed E-state index contributed by atoms with van der Waals surface area (Å²) in [7, 11) is 1.70. The number of allylic oxidation sites excluding steroid dienone is 1. The van der Waals surface area contributed by atoms with Crippen molar-refractivity contribution in [3.8, 4) is 0 Å². The molecule has 4 N–H and O–H groups in total. The molecule has 5 heteroatoms. The van der Waals surface area contributed by atoms with E-state index in [0.29, 0.717) is 35.7 Å². The van der Waals surface area contributed by atoms with Crippen LogP contribution in [0.4, 0.5) is 0 Å². The normalized spacial score (nSPS) is 36.2. The number of rotatable bonds is 5. The van der Waals surface area contributed by atoms with Crippen molar-refractivity contribution in [2.75, 3.05) is 13.6 Å². The van der Waals surface area contributed by atoms with Gasteiger partial charge in [-0.15, -0.1) is 0 Å². The highest BCUT2D eigenvalue weighted by Crippen LogP contribution is 2.74. The van der Waals surface area contributed by atoms with Crippen LogP contribution in [0.2, 0.25) is 0 Å². The number of nitrogens with one attached hydrogen (secondary N) is 1. The number of aliphatic imine (C=N–C) groups is 1. The number of hydrogen-bond donors (Lipinski definition) is 3. The molecule has 0 aromatic heterocycles. The molecule has 4 rings (SSSR count). The monoisotopic (exact) mass is 395 g/mol. The maximum absolute atomic E-state index is 12.0. The fourth-order valence-corrected chi connectivity index (χ4v) is 7.24. The Bertz CT molecular complexity index is 862. The van der Waals surface area contributed by atoms with Crippen molar-refractivity contribution in [3.63, 3.8) is 0 Å². The van der Waals surface area contributed by atoms with E-state index < -0.39 is 5.97 Å². The standard InChI is InChI=1S/C24H33N3O2/c1-15-11-17(12-16-7-5-4-6-8-16)19-13-20-18(21(28)29)9-10-24(15,20)23(19,2)14-27-22(25)26-3/h4-8,15,17,19H,9-14H2,1-3H3,(H,28,29)(H3,25,26,27)/t15-,17+,19+,23+,24-/m0/s1. The van der Waals surface area contributed by atoms with Crippen LogP contribution in [-0.2, 0) is 11.2 Å². The van der Waals surface area contributed by atoms with Gasteiger partial charge in [-0.3, -0.25) is 4.99 Å². The van der Waals surface area contributed by atoms with Gasteiger partial charge in [0.15, 0.2) is 5.96 Å². The predicted molar refractivity (Wildman–Crippen MR) is 116 cm³/mol. The molecule has 5 atom stereocenters. The summed E-state index contributed by atoms with van der Waals surface area (Å²) in [6.45, 7) is 5.46. The SMILES string of the molecule is CN=C(N)NC[C@]1(C)[C@@H]2CC3=C(C(=O)O)CC[C@]31[C@@H](C)C[C@@H]2Cc1ccccc1. The van der Waals surface area contributed by atoms with E-state index in [1.165, 1.54) is 11.1 Å². The number of carboxylic acids is 1. The summed E-state index contributed by atoms with van der Waals surface area (Å²) in [6.07, 6.45) is 4.75. The van der Waals surface area contributed by atoms with Gasteiger partial charge in [0.25, 0.3) is 0 Å². The second-order valence-electron chi connectivity index (χ2n) is 9.51. The van der Waals surface area contributed by atoms with Crippen LogP contribution in [0.15, 0.2) is 46.5 Å². The largest absolute Gasteiger partial charge is 0.478 e. The number of fused-ring (bicyclic) bond motifs is 1. The fraction of sp³-hybridized carbons (Fsp3) is 0.583. The van der Waals surface area contributed by atoms with Gasteiger partial charge >= 0.3 is 5.97 Å². The summed E-state index contributed by atoms with van der Waals surface area (Å²) in [5.41, 5.74) is 9.20. The molecule has 2 saturated carbocycles. The highest BCUT2D eigenvalue weighted by Gasteiger charge is 2.68. The van der Waals surface area contributed by atoms with Gasteiger partial charge < -0.3 is 16.2 Å². The smallest absolute Gasteiger partial charge is 0.331 e. The topological polar surface area (TPSA) is 87.7 Å². The molecule has 0 heterocycles. The van der Waals surface area contributed by atoms with E-state index in [2.05, 4.69) is 54.5 Å². The lowest BCUT2D eigenvalue weighted by atomic mass is 9.49. The summed E-state index contributed by atoms with van der Waals surface area (Å²) in [5, 5.41) is 13.2. The van der Waals surface area contributed by atoms with Crippen molar-refractivity contribution in [1.29, 1.82) is 0 Å². The molecule has 0 unspecified atom stereocenters. The van der Waals surface area contributed by atoms with Crippen LogP contribution in [-0.4, -0.2) is 30.6 Å². The molecule has 156 valence electrons. The van der Waals surface area contributed by atoms with E-state index in [-0.39, 0.29) is 10.8 Å². The zero-order chi connectivity index (χ0) is 20.8. The quantitative estimate of drug-likeness (QED) is 0.525. The number of carbonyl (C=O) groups is 1. The molecule has 2 fully saturated rings. The average Bonchev–Trinajstić information content (AvgIpc) is 3.17. The predicted octanol–water partition coefficient (Wildman–Crippen LogP) is 3.61. The minimum atomic E-state index is -0.721. The van der Waals surface area contributed by atoms with Crippen molar-refractivity contribution in [2.45, 2.75) is 46.0 Å². The Hall–Kier alpha value is -2.30. The Morgan fingerprint density at radius 2 is 2.07 bits per heavy atom. The minimum Gasteiger partial charge on any atom is -0.478 e. The molecule has 1 spiro atoms. The lowest BCUT2D eigenvalue weighted by Gasteiger charge is -2.56. The molecular formula is C24H33N3O2. The van der Waals surface area contributed by atoms with Gasteiger partial charge in [0, 0.05) is 24.6 Å². The summed E-state index contributed by atoms with van der Waals surface area (Å²) in [6, 6.07) is 10.7. The third kappa shape index (κ3) is 2.89. The van der Waals surface area contributed by atoms with Gasteiger partial charge in [0.1, 0.15) is 0 Å². The highest BCUT2D eigenvalue weighted by atomic mass is 16.4. The maximum Gasteiger partial charge on any atom is 0.331 e. The Balaban J connectivity index is 1.76. The van der Waals surface area contributed by atoms with E-state index in [1.54, 1.807) is 7.05 Å². The van der Waals surface area contributed by atoms with E-state index >= 15 is 0 Å². The molecular weight excluding hydrogens is 362 g/mol. The third-order valence-corrected chi connectivity index (χ3v) is 8.48. The fourth-order valence-electron chi connectivity index (χ4n) is 7.24. The number of guanidine groups is 1. The Labute approximate surface area is 173 Å². The molecule has 0 saturated heterocycles. The molecule has 2 bridgehead atoms. The van der Waals surface area contributed by atoms with E-state index in [0.717, 1.165) is 32.2 Å². The molecule has 1 aromatic rings. The lowest BCUT2D eigenvalue weighted by Crippen LogP contribution is -2.56. The number of nitrogens with zero attached hydrogens (tertiary/aromatic N) is 1. The molecule has 0 radical (unpaired) electrons. The number of benzene rings is 1. The first-order chi connectivity index (χ1) is 13.8. The molecule has 3 aliphatic rings. The van der Waals surface area contributed by atoms with Crippen molar-refractivity contribution >= 4 is 11.9 Å². The van der Waals surface area contributed by atoms with Gasteiger partial charge in [0.2, 0.25) is 0 Å². The Morgan fingerprint density at radius 3 is 2.72 bits per heavy atom. The Morgan fingerprint density at radius 1 is 1.34 bits per heavy atom. The van der Waals surface area contributed by atoms with Gasteiger partial charge in [-0.25, -0.2) is 4.79 Å². The number of hydrogen-bond acceptors (Lipinski definition) is 2. The highest BCUT2D eigenvalue weighted by molar-refractivity contribution is 5.89. The molecule has 0 aliphatic heterocycles. The minimum absolute atomic E-state index is 0.0358.